The molecule has 0 bridgehead atoms. The van der Waals surface area contributed by atoms with Crippen LogP contribution in [0.3, 0.4) is 0 Å². The molecule has 1 aliphatic heterocycles. The highest BCUT2D eigenvalue weighted by atomic mass is 16.5. The van der Waals surface area contributed by atoms with Gasteiger partial charge < -0.3 is 23.4 Å². The molecular formula is C23H27N5O4. The monoisotopic (exact) mass is 437 g/mol. The quantitative estimate of drug-likeness (QED) is 0.614. The minimum Gasteiger partial charge on any atom is -0.493 e. The molecule has 1 amide bonds. The molecule has 1 saturated carbocycles. The van der Waals surface area contributed by atoms with E-state index in [1.54, 1.807) is 21.1 Å². The van der Waals surface area contributed by atoms with Gasteiger partial charge in [0.2, 0.25) is 5.76 Å². The lowest BCUT2D eigenvalue weighted by atomic mass is 9.87. The van der Waals surface area contributed by atoms with Crippen molar-refractivity contribution in [2.24, 2.45) is 0 Å². The average molecular weight is 438 g/mol. The summed E-state index contributed by atoms with van der Waals surface area (Å²) in [6.45, 7) is 3.96. The summed E-state index contributed by atoms with van der Waals surface area (Å²) in [5.41, 5.74) is 1.53. The highest BCUT2D eigenvalue weighted by Gasteiger charge is 2.42. The van der Waals surface area contributed by atoms with Gasteiger partial charge in [-0.2, -0.15) is 0 Å². The third-order valence-electron chi connectivity index (χ3n) is 6.50. The van der Waals surface area contributed by atoms with Crippen LogP contribution in [-0.4, -0.2) is 50.8 Å². The van der Waals surface area contributed by atoms with E-state index in [2.05, 4.69) is 19.7 Å². The van der Waals surface area contributed by atoms with Gasteiger partial charge in [-0.1, -0.05) is 12.8 Å². The Labute approximate surface area is 186 Å². The van der Waals surface area contributed by atoms with Crippen molar-refractivity contribution in [3.8, 4) is 22.9 Å². The number of hydrogen-bond donors (Lipinski definition) is 0. The van der Waals surface area contributed by atoms with Crippen LogP contribution < -0.4 is 9.47 Å². The molecule has 1 fully saturated rings. The number of carbonyl (C=O) groups excluding carboxylic acids is 1. The zero-order valence-corrected chi connectivity index (χ0v) is 18.8. The Balaban J connectivity index is 1.55. The molecule has 1 aromatic carbocycles. The van der Waals surface area contributed by atoms with Crippen molar-refractivity contribution >= 4 is 5.91 Å². The molecule has 2 aromatic heterocycles. The van der Waals surface area contributed by atoms with Crippen LogP contribution in [0.2, 0.25) is 0 Å². The largest absolute Gasteiger partial charge is 0.493 e. The second-order valence-electron chi connectivity index (χ2n) is 8.38. The number of aromatic nitrogens is 4. The van der Waals surface area contributed by atoms with Gasteiger partial charge in [-0.15, -0.1) is 10.2 Å². The minimum absolute atomic E-state index is 0.0588. The van der Waals surface area contributed by atoms with Crippen molar-refractivity contribution in [1.82, 2.24) is 24.6 Å². The molecule has 0 saturated heterocycles. The maximum Gasteiger partial charge on any atom is 0.292 e. The topological polar surface area (TPSA) is 95.5 Å². The molecule has 168 valence electrons. The summed E-state index contributed by atoms with van der Waals surface area (Å²) >= 11 is 0. The fraction of sp³-hybridized carbons (Fsp3) is 0.478. The third kappa shape index (κ3) is 3.23. The van der Waals surface area contributed by atoms with Crippen LogP contribution in [0, 0.1) is 13.8 Å². The smallest absolute Gasteiger partial charge is 0.292 e. The molecule has 0 radical (unpaired) electrons. The van der Waals surface area contributed by atoms with E-state index >= 15 is 0 Å². The van der Waals surface area contributed by atoms with Crippen molar-refractivity contribution < 1.29 is 18.7 Å². The Morgan fingerprint density at radius 3 is 2.50 bits per heavy atom. The van der Waals surface area contributed by atoms with E-state index in [9.17, 15) is 4.79 Å². The van der Waals surface area contributed by atoms with Crippen LogP contribution in [0.1, 0.15) is 59.7 Å². The van der Waals surface area contributed by atoms with E-state index in [1.165, 1.54) is 0 Å². The van der Waals surface area contributed by atoms with Crippen LogP contribution >= 0.6 is 0 Å². The van der Waals surface area contributed by atoms with Crippen molar-refractivity contribution in [1.29, 1.82) is 0 Å². The zero-order valence-electron chi connectivity index (χ0n) is 18.8. The van der Waals surface area contributed by atoms with E-state index in [4.69, 9.17) is 13.9 Å². The SMILES string of the molecule is COc1ccc(-c2nnc3n2[C@H]2CCCC[C@H]2N(C(=O)c2oc(C)nc2C)C3)cc1OC. The lowest BCUT2D eigenvalue weighted by molar-refractivity contribution is 0.0389. The molecule has 3 heterocycles. The summed E-state index contributed by atoms with van der Waals surface area (Å²) in [6, 6.07) is 5.94. The minimum atomic E-state index is -0.123. The van der Waals surface area contributed by atoms with Gasteiger partial charge in [-0.3, -0.25) is 4.79 Å². The molecule has 9 nitrogen and oxygen atoms in total. The molecule has 0 spiro atoms. The van der Waals surface area contributed by atoms with Gasteiger partial charge in [0.05, 0.1) is 38.5 Å². The number of carbonyl (C=O) groups is 1. The van der Waals surface area contributed by atoms with Gasteiger partial charge in [-0.25, -0.2) is 4.98 Å². The number of nitrogens with zero attached hydrogens (tertiary/aromatic N) is 5. The molecule has 0 N–H and O–H groups in total. The summed E-state index contributed by atoms with van der Waals surface area (Å²) in [6.07, 6.45) is 4.09. The van der Waals surface area contributed by atoms with Gasteiger partial charge in [0.15, 0.2) is 29.0 Å². The molecule has 2 atom stereocenters. The van der Waals surface area contributed by atoms with E-state index in [0.717, 1.165) is 42.9 Å². The third-order valence-corrected chi connectivity index (χ3v) is 6.50. The van der Waals surface area contributed by atoms with E-state index < -0.39 is 0 Å². The van der Waals surface area contributed by atoms with Crippen molar-refractivity contribution in [2.45, 2.75) is 58.2 Å². The van der Waals surface area contributed by atoms with Crippen LogP contribution in [0.4, 0.5) is 0 Å². The van der Waals surface area contributed by atoms with Gasteiger partial charge in [0.1, 0.15) is 0 Å². The maximum atomic E-state index is 13.4. The zero-order chi connectivity index (χ0) is 22.4. The van der Waals surface area contributed by atoms with Crippen LogP contribution in [0.15, 0.2) is 22.6 Å². The first-order chi connectivity index (χ1) is 15.5. The fourth-order valence-electron chi connectivity index (χ4n) is 5.06. The molecule has 1 aliphatic carbocycles. The Bertz CT molecular complexity index is 1170. The Morgan fingerprint density at radius 2 is 1.81 bits per heavy atom. The highest BCUT2D eigenvalue weighted by molar-refractivity contribution is 5.92. The highest BCUT2D eigenvalue weighted by Crippen LogP contribution is 2.41. The van der Waals surface area contributed by atoms with E-state index in [1.807, 2.05) is 30.0 Å². The van der Waals surface area contributed by atoms with Gasteiger partial charge >= 0.3 is 0 Å². The van der Waals surface area contributed by atoms with E-state index in [-0.39, 0.29) is 18.0 Å². The maximum absolute atomic E-state index is 13.4. The number of oxazole rings is 1. The van der Waals surface area contributed by atoms with Crippen molar-refractivity contribution in [3.05, 3.63) is 41.4 Å². The predicted octanol–water partition coefficient (Wildman–Crippen LogP) is 3.71. The summed E-state index contributed by atoms with van der Waals surface area (Å²) in [4.78, 5) is 19.6. The average Bonchev–Trinajstić information content (AvgIpc) is 3.40. The number of fused-ring (bicyclic) bond motifs is 3. The van der Waals surface area contributed by atoms with Crippen molar-refractivity contribution in [3.63, 3.8) is 0 Å². The fourth-order valence-corrected chi connectivity index (χ4v) is 5.06. The number of rotatable bonds is 4. The molecule has 9 heteroatoms. The number of benzene rings is 1. The Kier molecular flexibility index (Phi) is 5.11. The standard InChI is InChI=1S/C23H27N5O4/c1-13-21(32-14(2)24-13)23(29)27-12-20-25-26-22(28(20)17-8-6-5-7-16(17)27)15-9-10-18(30-3)19(11-15)31-4/h9-11,16-17H,5-8,12H2,1-4H3/t16-,17+/m1/s1. The van der Waals surface area contributed by atoms with Gasteiger partial charge in [0.25, 0.3) is 5.91 Å². The van der Waals surface area contributed by atoms with Crippen molar-refractivity contribution in [2.75, 3.05) is 14.2 Å². The number of ether oxygens (including phenoxy) is 2. The molecule has 2 aliphatic rings. The van der Waals surface area contributed by atoms with Crippen LogP contribution in [-0.2, 0) is 6.54 Å². The van der Waals surface area contributed by atoms with Crippen LogP contribution in [0.25, 0.3) is 11.4 Å². The van der Waals surface area contributed by atoms with Crippen LogP contribution in [0.5, 0.6) is 11.5 Å². The molecule has 32 heavy (non-hydrogen) atoms. The summed E-state index contributed by atoms with van der Waals surface area (Å²) in [5, 5.41) is 9.00. The number of methoxy groups -OCH3 is 2. The summed E-state index contributed by atoms with van der Waals surface area (Å²) in [7, 11) is 3.24. The van der Waals surface area contributed by atoms with E-state index in [0.29, 0.717) is 35.4 Å². The predicted molar refractivity (Wildman–Crippen MR) is 116 cm³/mol. The first-order valence-corrected chi connectivity index (χ1v) is 10.9. The number of amides is 1. The summed E-state index contributed by atoms with van der Waals surface area (Å²) in [5.74, 6) is 3.58. The normalized spacial score (nSPS) is 19.9. The van der Waals surface area contributed by atoms with Gasteiger partial charge in [-0.05, 0) is 38.0 Å². The summed E-state index contributed by atoms with van der Waals surface area (Å²) < 4.78 is 18.7. The van der Waals surface area contributed by atoms with Gasteiger partial charge in [0, 0.05) is 12.5 Å². The molecule has 5 rings (SSSR count). The lowest BCUT2D eigenvalue weighted by Crippen LogP contribution is -2.50. The second-order valence-corrected chi connectivity index (χ2v) is 8.38. The Hall–Kier alpha value is -3.36. The first kappa shape index (κ1) is 20.5. The first-order valence-electron chi connectivity index (χ1n) is 10.9. The molecular weight excluding hydrogens is 410 g/mol. The lowest BCUT2D eigenvalue weighted by Gasteiger charge is -2.44. The molecule has 0 unspecified atom stereocenters. The second kappa shape index (κ2) is 7.96. The molecule has 3 aromatic rings. The Morgan fingerprint density at radius 1 is 1.06 bits per heavy atom. The number of aryl methyl sites for hydroxylation is 2. The number of hydrogen-bond acceptors (Lipinski definition) is 7.